The van der Waals surface area contributed by atoms with Crippen LogP contribution in [0, 0.1) is 0 Å². The number of hydrogen-bond acceptors (Lipinski definition) is 5. The van der Waals surface area contributed by atoms with Crippen LogP contribution in [0.25, 0.3) is 0 Å². The Morgan fingerprint density at radius 3 is 3.39 bits per heavy atom. The highest BCUT2D eigenvalue weighted by Gasteiger charge is 2.37. The Labute approximate surface area is 110 Å². The summed E-state index contributed by atoms with van der Waals surface area (Å²) in [6.45, 7) is 1.99. The minimum atomic E-state index is 0.0544. The lowest BCUT2D eigenvalue weighted by atomic mass is 10.0. The van der Waals surface area contributed by atoms with Crippen LogP contribution >= 0.6 is 11.8 Å². The van der Waals surface area contributed by atoms with Crippen molar-refractivity contribution in [1.29, 1.82) is 0 Å². The predicted molar refractivity (Wildman–Crippen MR) is 67.2 cm³/mol. The van der Waals surface area contributed by atoms with E-state index >= 15 is 0 Å². The predicted octanol–water partition coefficient (Wildman–Crippen LogP) is 0.313. The largest absolute Gasteiger partial charge is 0.368 e. The van der Waals surface area contributed by atoms with Crippen molar-refractivity contribution in [2.75, 3.05) is 25.1 Å². The topological polar surface area (TPSA) is 60.3 Å². The van der Waals surface area contributed by atoms with Gasteiger partial charge in [0.2, 0.25) is 5.91 Å². The number of carbonyl (C=O) groups is 1. The van der Waals surface area contributed by atoms with E-state index in [1.165, 1.54) is 0 Å². The summed E-state index contributed by atoms with van der Waals surface area (Å²) in [5, 5.41) is 8.05. The molecule has 2 atom stereocenters. The number of hydrogen-bond donors (Lipinski definition) is 0. The zero-order chi connectivity index (χ0) is 12.5. The van der Waals surface area contributed by atoms with Crippen LogP contribution in [0.1, 0.15) is 18.2 Å². The summed E-state index contributed by atoms with van der Waals surface area (Å²) in [6.07, 6.45) is 4.64. The van der Waals surface area contributed by atoms with Crippen LogP contribution in [0.15, 0.2) is 6.20 Å². The minimum Gasteiger partial charge on any atom is -0.368 e. The van der Waals surface area contributed by atoms with Crippen molar-refractivity contribution in [2.24, 2.45) is 0 Å². The first-order valence-electron chi connectivity index (χ1n) is 6.07. The summed E-state index contributed by atoms with van der Waals surface area (Å²) in [4.78, 5) is 13.8. The van der Waals surface area contributed by atoms with Crippen LogP contribution in [0.2, 0.25) is 0 Å². The molecule has 0 aliphatic carbocycles. The van der Waals surface area contributed by atoms with E-state index in [9.17, 15) is 4.79 Å². The summed E-state index contributed by atoms with van der Waals surface area (Å²) in [6, 6.07) is 0.231. The van der Waals surface area contributed by atoms with Crippen LogP contribution in [0.4, 0.5) is 0 Å². The number of thioether (sulfide) groups is 1. The number of rotatable bonds is 2. The molecule has 1 amide bonds. The van der Waals surface area contributed by atoms with E-state index in [2.05, 4.69) is 10.3 Å². The van der Waals surface area contributed by atoms with Crippen molar-refractivity contribution in [1.82, 2.24) is 19.9 Å². The maximum atomic E-state index is 11.9. The van der Waals surface area contributed by atoms with E-state index in [1.54, 1.807) is 18.0 Å². The van der Waals surface area contributed by atoms with Crippen molar-refractivity contribution >= 4 is 17.7 Å². The zero-order valence-corrected chi connectivity index (χ0v) is 11.1. The molecular weight excluding hydrogens is 252 g/mol. The Hall–Kier alpha value is -1.08. The molecule has 0 N–H and O–H groups in total. The van der Waals surface area contributed by atoms with Crippen molar-refractivity contribution < 1.29 is 9.53 Å². The Kier molecular flexibility index (Phi) is 3.25. The van der Waals surface area contributed by atoms with Crippen molar-refractivity contribution in [3.63, 3.8) is 0 Å². The highest BCUT2D eigenvalue weighted by atomic mass is 32.2. The molecule has 1 aromatic rings. The van der Waals surface area contributed by atoms with E-state index in [-0.39, 0.29) is 18.1 Å². The van der Waals surface area contributed by atoms with Gasteiger partial charge in [0, 0.05) is 13.1 Å². The quantitative estimate of drug-likeness (QED) is 0.773. The molecule has 18 heavy (non-hydrogen) atoms. The van der Waals surface area contributed by atoms with Crippen LogP contribution in [0.3, 0.4) is 0 Å². The molecule has 7 heteroatoms. The fourth-order valence-corrected chi connectivity index (χ4v) is 3.06. The second kappa shape index (κ2) is 4.89. The van der Waals surface area contributed by atoms with Gasteiger partial charge in [-0.1, -0.05) is 5.21 Å². The number of aromatic nitrogens is 3. The molecule has 3 rings (SSSR count). The molecule has 0 radical (unpaired) electrons. The van der Waals surface area contributed by atoms with Gasteiger partial charge < -0.3 is 9.64 Å². The van der Waals surface area contributed by atoms with Crippen molar-refractivity contribution in [3.8, 4) is 0 Å². The summed E-state index contributed by atoms with van der Waals surface area (Å²) in [5.74, 6) is 0.750. The van der Waals surface area contributed by atoms with Gasteiger partial charge in [-0.3, -0.25) is 4.79 Å². The number of carbonyl (C=O) groups excluding carboxylic acids is 1. The van der Waals surface area contributed by atoms with Gasteiger partial charge in [-0.05, 0) is 12.7 Å². The SMILES string of the molecule is CSCC(=O)N1CC[C@H]2[C@H](C1)OCc1cnnn12. The molecule has 1 fully saturated rings. The summed E-state index contributed by atoms with van der Waals surface area (Å²) in [5.41, 5.74) is 1.03. The number of ether oxygens (including phenoxy) is 1. The van der Waals surface area contributed by atoms with Gasteiger partial charge in [0.15, 0.2) is 0 Å². The molecule has 1 aromatic heterocycles. The highest BCUT2D eigenvalue weighted by molar-refractivity contribution is 7.99. The number of amides is 1. The van der Waals surface area contributed by atoms with Gasteiger partial charge in [0.05, 0.1) is 36.4 Å². The first kappa shape index (κ1) is 12.0. The van der Waals surface area contributed by atoms with Crippen LogP contribution in [-0.4, -0.2) is 57.0 Å². The van der Waals surface area contributed by atoms with E-state index in [4.69, 9.17) is 4.74 Å². The monoisotopic (exact) mass is 268 g/mol. The zero-order valence-electron chi connectivity index (χ0n) is 10.3. The van der Waals surface area contributed by atoms with Crippen LogP contribution in [-0.2, 0) is 16.1 Å². The summed E-state index contributed by atoms with van der Waals surface area (Å²) in [7, 11) is 0. The maximum absolute atomic E-state index is 11.9. The first-order chi connectivity index (χ1) is 8.79. The van der Waals surface area contributed by atoms with E-state index in [0.717, 1.165) is 18.7 Å². The van der Waals surface area contributed by atoms with E-state index in [1.807, 2.05) is 15.8 Å². The lowest BCUT2D eigenvalue weighted by Crippen LogP contribution is -2.50. The smallest absolute Gasteiger partial charge is 0.232 e. The highest BCUT2D eigenvalue weighted by Crippen LogP contribution is 2.30. The van der Waals surface area contributed by atoms with Gasteiger partial charge >= 0.3 is 0 Å². The molecule has 6 nitrogen and oxygen atoms in total. The Morgan fingerprint density at radius 2 is 2.56 bits per heavy atom. The van der Waals surface area contributed by atoms with Gasteiger partial charge in [-0.25, -0.2) is 4.68 Å². The molecule has 0 bridgehead atoms. The Balaban J connectivity index is 1.71. The van der Waals surface area contributed by atoms with E-state index < -0.39 is 0 Å². The van der Waals surface area contributed by atoms with Gasteiger partial charge in [0.25, 0.3) is 0 Å². The molecule has 0 saturated carbocycles. The van der Waals surface area contributed by atoms with Crippen molar-refractivity contribution in [2.45, 2.75) is 25.2 Å². The molecule has 0 aromatic carbocycles. The average molecular weight is 268 g/mol. The second-order valence-electron chi connectivity index (χ2n) is 4.65. The number of nitrogens with zero attached hydrogens (tertiary/aromatic N) is 4. The van der Waals surface area contributed by atoms with Gasteiger partial charge in [0.1, 0.15) is 0 Å². The molecule has 0 unspecified atom stereocenters. The molecule has 98 valence electrons. The average Bonchev–Trinajstić information content (AvgIpc) is 2.87. The summed E-state index contributed by atoms with van der Waals surface area (Å²) < 4.78 is 7.79. The molecule has 2 aliphatic heterocycles. The molecule has 2 aliphatic rings. The molecule has 1 saturated heterocycles. The third-order valence-electron chi connectivity index (χ3n) is 3.55. The first-order valence-corrected chi connectivity index (χ1v) is 7.46. The Bertz CT molecular complexity index is 450. The van der Waals surface area contributed by atoms with Gasteiger partial charge in [-0.2, -0.15) is 11.8 Å². The van der Waals surface area contributed by atoms with E-state index in [0.29, 0.717) is 18.9 Å². The molecule has 3 heterocycles. The lowest BCUT2D eigenvalue weighted by molar-refractivity contribution is -0.136. The Morgan fingerprint density at radius 1 is 1.67 bits per heavy atom. The van der Waals surface area contributed by atoms with Crippen LogP contribution < -0.4 is 0 Å². The second-order valence-corrected chi connectivity index (χ2v) is 5.51. The lowest BCUT2D eigenvalue weighted by Gasteiger charge is -2.40. The molecular formula is C11H16N4O2S. The number of fused-ring (bicyclic) bond motifs is 3. The number of likely N-dealkylation sites (tertiary alicyclic amines) is 1. The fourth-order valence-electron chi connectivity index (χ4n) is 2.63. The maximum Gasteiger partial charge on any atom is 0.232 e. The van der Waals surface area contributed by atoms with Crippen molar-refractivity contribution in [3.05, 3.63) is 11.9 Å². The van der Waals surface area contributed by atoms with Crippen LogP contribution in [0.5, 0.6) is 0 Å². The van der Waals surface area contributed by atoms with Gasteiger partial charge in [-0.15, -0.1) is 5.10 Å². The normalized spacial score (nSPS) is 26.6. The fraction of sp³-hybridized carbons (Fsp3) is 0.727. The standard InChI is InChI=1S/C11H16N4O2S/c1-18-7-11(16)14-3-2-9-10(5-14)17-6-8-4-12-13-15(8)9/h4,9-10H,2-3,5-7H2,1H3/t9-,10-/m0/s1. The minimum absolute atomic E-state index is 0.0544. The number of piperidine rings is 1. The third-order valence-corrected chi connectivity index (χ3v) is 4.09. The third kappa shape index (κ3) is 2.01. The summed E-state index contributed by atoms with van der Waals surface area (Å²) >= 11 is 1.56. The molecule has 0 spiro atoms.